The Hall–Kier alpha value is -2.35. The first-order chi connectivity index (χ1) is 10.1. The highest BCUT2D eigenvalue weighted by molar-refractivity contribution is 5.89. The second-order valence-electron chi connectivity index (χ2n) is 5.65. The van der Waals surface area contributed by atoms with Gasteiger partial charge in [-0.3, -0.25) is 4.79 Å². The van der Waals surface area contributed by atoms with Crippen LogP contribution in [0.25, 0.3) is 22.0 Å². The minimum absolute atomic E-state index is 0.0880. The van der Waals surface area contributed by atoms with Gasteiger partial charge in [-0.25, -0.2) is 0 Å². The summed E-state index contributed by atoms with van der Waals surface area (Å²) in [5.74, 6) is 0. The molecule has 2 heteroatoms. The summed E-state index contributed by atoms with van der Waals surface area (Å²) in [7, 11) is 0. The number of rotatable bonds is 2. The minimum Gasteiger partial charge on any atom is -0.305 e. The molecule has 106 valence electrons. The molecule has 0 bridgehead atoms. The fourth-order valence-corrected chi connectivity index (χ4v) is 2.98. The van der Waals surface area contributed by atoms with Crippen LogP contribution < -0.4 is 5.56 Å². The summed E-state index contributed by atoms with van der Waals surface area (Å²) in [4.78, 5) is 12.9. The van der Waals surface area contributed by atoms with E-state index in [-0.39, 0.29) is 11.6 Å². The van der Waals surface area contributed by atoms with E-state index < -0.39 is 0 Å². The number of hydrogen-bond acceptors (Lipinski definition) is 1. The molecule has 3 rings (SSSR count). The first kappa shape index (κ1) is 13.6. The fraction of sp³-hybridized carbons (Fsp3) is 0.211. The van der Waals surface area contributed by atoms with Crippen LogP contribution in [0.5, 0.6) is 0 Å². The second kappa shape index (κ2) is 5.21. The molecule has 0 aliphatic rings. The Kier molecular flexibility index (Phi) is 3.38. The van der Waals surface area contributed by atoms with Gasteiger partial charge in [0, 0.05) is 11.4 Å². The van der Waals surface area contributed by atoms with E-state index in [2.05, 4.69) is 32.9 Å². The highest BCUT2D eigenvalue weighted by Crippen LogP contribution is 2.29. The van der Waals surface area contributed by atoms with Gasteiger partial charge in [0.25, 0.3) is 5.56 Å². The molecule has 2 aromatic carbocycles. The molecule has 0 aliphatic carbocycles. The van der Waals surface area contributed by atoms with Crippen LogP contribution in [0.15, 0.2) is 59.4 Å². The van der Waals surface area contributed by atoms with Crippen molar-refractivity contribution in [2.24, 2.45) is 0 Å². The third-order valence-electron chi connectivity index (χ3n) is 3.94. The van der Waals surface area contributed by atoms with E-state index in [1.165, 1.54) is 0 Å². The number of aromatic nitrogens is 1. The molecule has 2 nitrogen and oxygen atoms in total. The number of hydrogen-bond donors (Lipinski definition) is 0. The Morgan fingerprint density at radius 3 is 2.05 bits per heavy atom. The van der Waals surface area contributed by atoms with Gasteiger partial charge in [-0.05, 0) is 43.4 Å². The summed E-state index contributed by atoms with van der Waals surface area (Å²) in [5.41, 5.74) is 3.36. The van der Waals surface area contributed by atoms with Gasteiger partial charge in [-0.1, -0.05) is 48.5 Å². The smallest absolute Gasteiger partial charge is 0.259 e. The van der Waals surface area contributed by atoms with Crippen LogP contribution in [-0.4, -0.2) is 4.57 Å². The monoisotopic (exact) mass is 277 g/mol. The van der Waals surface area contributed by atoms with Crippen molar-refractivity contribution < 1.29 is 0 Å². The van der Waals surface area contributed by atoms with E-state index in [0.717, 1.165) is 27.6 Å². The van der Waals surface area contributed by atoms with E-state index >= 15 is 0 Å². The van der Waals surface area contributed by atoms with Crippen molar-refractivity contribution in [1.29, 1.82) is 0 Å². The van der Waals surface area contributed by atoms with Crippen LogP contribution in [0.2, 0.25) is 0 Å². The van der Waals surface area contributed by atoms with E-state index in [0.29, 0.717) is 0 Å². The van der Waals surface area contributed by atoms with Gasteiger partial charge in [-0.2, -0.15) is 0 Å². The van der Waals surface area contributed by atoms with E-state index in [9.17, 15) is 4.79 Å². The van der Waals surface area contributed by atoms with Crippen molar-refractivity contribution in [2.45, 2.75) is 26.8 Å². The number of nitrogens with zero attached hydrogens (tertiary/aromatic N) is 1. The van der Waals surface area contributed by atoms with Crippen LogP contribution in [-0.2, 0) is 0 Å². The maximum Gasteiger partial charge on any atom is 0.259 e. The average Bonchev–Trinajstić information content (AvgIpc) is 2.51. The molecular formula is C19H19NO. The molecule has 1 aromatic heterocycles. The lowest BCUT2D eigenvalue weighted by atomic mass is 9.99. The molecule has 0 saturated heterocycles. The van der Waals surface area contributed by atoms with Crippen molar-refractivity contribution in [1.82, 2.24) is 4.57 Å². The van der Waals surface area contributed by atoms with Crippen LogP contribution >= 0.6 is 0 Å². The zero-order valence-corrected chi connectivity index (χ0v) is 12.6. The Bertz CT molecular complexity index is 845. The quantitative estimate of drug-likeness (QED) is 0.673. The lowest BCUT2D eigenvalue weighted by Crippen LogP contribution is -2.25. The zero-order chi connectivity index (χ0) is 15.0. The molecule has 0 radical (unpaired) electrons. The van der Waals surface area contributed by atoms with Crippen molar-refractivity contribution in [3.8, 4) is 11.3 Å². The zero-order valence-electron chi connectivity index (χ0n) is 12.6. The van der Waals surface area contributed by atoms with Crippen molar-refractivity contribution >= 4 is 10.8 Å². The van der Waals surface area contributed by atoms with Gasteiger partial charge in [-0.15, -0.1) is 0 Å². The largest absolute Gasteiger partial charge is 0.305 e. The van der Waals surface area contributed by atoms with Crippen LogP contribution in [0.1, 0.15) is 25.5 Å². The van der Waals surface area contributed by atoms with Gasteiger partial charge in [0.1, 0.15) is 0 Å². The van der Waals surface area contributed by atoms with Gasteiger partial charge in [0.15, 0.2) is 0 Å². The normalized spacial score (nSPS) is 11.2. The van der Waals surface area contributed by atoms with Gasteiger partial charge in [0.05, 0.1) is 5.69 Å². The lowest BCUT2D eigenvalue weighted by Gasteiger charge is -2.21. The van der Waals surface area contributed by atoms with Crippen molar-refractivity contribution in [3.05, 3.63) is 70.5 Å². The molecule has 0 N–H and O–H groups in total. The van der Waals surface area contributed by atoms with Crippen LogP contribution in [0.4, 0.5) is 0 Å². The molecule has 0 fully saturated rings. The van der Waals surface area contributed by atoms with Crippen LogP contribution in [0, 0.1) is 6.92 Å². The summed E-state index contributed by atoms with van der Waals surface area (Å²) in [5, 5.41) is 1.83. The Morgan fingerprint density at radius 1 is 0.857 bits per heavy atom. The molecule has 3 aromatic rings. The first-order valence-corrected chi connectivity index (χ1v) is 7.30. The molecule has 0 unspecified atom stereocenters. The average molecular weight is 277 g/mol. The van der Waals surface area contributed by atoms with E-state index in [1.807, 2.05) is 47.0 Å². The SMILES string of the molecule is Cc1c(-c2ccccc2)n(C(C)C)c(=O)c2ccccc12. The summed E-state index contributed by atoms with van der Waals surface area (Å²) in [6.07, 6.45) is 0. The topological polar surface area (TPSA) is 22.0 Å². The molecule has 0 spiro atoms. The lowest BCUT2D eigenvalue weighted by molar-refractivity contribution is 0.587. The Balaban J connectivity index is 2.51. The summed E-state index contributed by atoms with van der Waals surface area (Å²) in [6.45, 7) is 6.22. The Morgan fingerprint density at radius 2 is 1.43 bits per heavy atom. The molecule has 0 saturated carbocycles. The van der Waals surface area contributed by atoms with Gasteiger partial charge < -0.3 is 4.57 Å². The highest BCUT2D eigenvalue weighted by atomic mass is 16.1. The molecule has 1 heterocycles. The fourth-order valence-electron chi connectivity index (χ4n) is 2.98. The number of fused-ring (bicyclic) bond motifs is 1. The number of pyridine rings is 1. The van der Waals surface area contributed by atoms with E-state index in [1.54, 1.807) is 0 Å². The van der Waals surface area contributed by atoms with Gasteiger partial charge >= 0.3 is 0 Å². The molecule has 21 heavy (non-hydrogen) atoms. The van der Waals surface area contributed by atoms with Crippen LogP contribution in [0.3, 0.4) is 0 Å². The molecule has 0 aliphatic heterocycles. The van der Waals surface area contributed by atoms with E-state index in [4.69, 9.17) is 0 Å². The number of benzene rings is 2. The second-order valence-corrected chi connectivity index (χ2v) is 5.65. The summed E-state index contributed by atoms with van der Waals surface area (Å²) >= 11 is 0. The predicted octanol–water partition coefficient (Wildman–Crippen LogP) is 4.56. The van der Waals surface area contributed by atoms with Gasteiger partial charge in [0.2, 0.25) is 0 Å². The summed E-state index contributed by atoms with van der Waals surface area (Å²) < 4.78 is 1.91. The molecule has 0 amide bonds. The third kappa shape index (κ3) is 2.17. The summed E-state index contributed by atoms with van der Waals surface area (Å²) in [6, 6.07) is 18.1. The maximum atomic E-state index is 12.9. The third-order valence-corrected chi connectivity index (χ3v) is 3.94. The minimum atomic E-state index is 0.0880. The Labute approximate surface area is 124 Å². The molecule has 0 atom stereocenters. The molecular weight excluding hydrogens is 258 g/mol. The maximum absolute atomic E-state index is 12.9. The highest BCUT2D eigenvalue weighted by Gasteiger charge is 2.16. The number of aryl methyl sites for hydroxylation is 1. The standard InChI is InChI=1S/C19H19NO/c1-13(2)20-18(15-9-5-4-6-10-15)14(3)16-11-7-8-12-17(16)19(20)21/h4-13H,1-3H3. The predicted molar refractivity (Wildman–Crippen MR) is 88.8 cm³/mol. The van der Waals surface area contributed by atoms with Crippen molar-refractivity contribution in [2.75, 3.05) is 0 Å². The van der Waals surface area contributed by atoms with Crippen molar-refractivity contribution in [3.63, 3.8) is 0 Å². The first-order valence-electron chi connectivity index (χ1n) is 7.30.